The fourth-order valence-electron chi connectivity index (χ4n) is 2.43. The molecule has 3 atom stereocenters. The van der Waals surface area contributed by atoms with Gasteiger partial charge in [0.15, 0.2) is 0 Å². The largest absolute Gasteiger partial charge is 0.461 e. The third kappa shape index (κ3) is 2.87. The molecule has 98 valence electrons. The zero-order valence-corrected chi connectivity index (χ0v) is 13.2. The number of hydrogen-bond acceptors (Lipinski definition) is 2. The Morgan fingerprint density at radius 1 is 1.22 bits per heavy atom. The summed E-state index contributed by atoms with van der Waals surface area (Å²) in [6, 6.07) is 8.62. The van der Waals surface area contributed by atoms with Crippen molar-refractivity contribution in [3.8, 4) is 0 Å². The van der Waals surface area contributed by atoms with E-state index in [9.17, 15) is 4.79 Å². The molecule has 0 radical (unpaired) electrons. The maximum Gasteiger partial charge on any atom is 0.306 e. The average molecular weight is 358 g/mol. The number of carbonyl (C=O) groups is 1. The summed E-state index contributed by atoms with van der Waals surface area (Å²) in [6.45, 7) is 6.47. The molecule has 1 aliphatic heterocycles. The van der Waals surface area contributed by atoms with Crippen LogP contribution in [0.2, 0.25) is 0 Å². The van der Waals surface area contributed by atoms with Crippen molar-refractivity contribution in [1.29, 1.82) is 0 Å². The molecule has 1 aromatic rings. The van der Waals surface area contributed by atoms with Crippen molar-refractivity contribution >= 4 is 28.6 Å². The molecular weight excluding hydrogens is 339 g/mol. The molecule has 0 amide bonds. The van der Waals surface area contributed by atoms with Crippen LogP contribution in [-0.2, 0) is 9.53 Å². The van der Waals surface area contributed by atoms with Gasteiger partial charge in [0.05, 0.1) is 6.42 Å². The van der Waals surface area contributed by atoms with Gasteiger partial charge in [-0.05, 0) is 24.0 Å². The van der Waals surface area contributed by atoms with E-state index < -0.39 is 0 Å². The second kappa shape index (κ2) is 5.59. The Bertz CT molecular complexity index is 423. The smallest absolute Gasteiger partial charge is 0.306 e. The Morgan fingerprint density at radius 3 is 2.33 bits per heavy atom. The summed E-state index contributed by atoms with van der Waals surface area (Å²) in [7, 11) is 0. The van der Waals surface area contributed by atoms with Crippen LogP contribution in [0.3, 0.4) is 0 Å². The first-order valence-corrected chi connectivity index (χ1v) is 7.67. The number of alkyl halides is 1. The van der Waals surface area contributed by atoms with Gasteiger partial charge < -0.3 is 4.74 Å². The fourth-order valence-corrected chi connectivity index (χ4v) is 3.08. The van der Waals surface area contributed by atoms with E-state index >= 15 is 0 Å². The molecule has 0 unspecified atom stereocenters. The molecule has 18 heavy (non-hydrogen) atoms. The van der Waals surface area contributed by atoms with Gasteiger partial charge in [0.1, 0.15) is 6.10 Å². The lowest BCUT2D eigenvalue weighted by Crippen LogP contribution is -2.23. The molecule has 1 heterocycles. The molecule has 1 fully saturated rings. The van der Waals surface area contributed by atoms with E-state index in [4.69, 9.17) is 4.74 Å². The van der Waals surface area contributed by atoms with E-state index in [0.29, 0.717) is 16.3 Å². The summed E-state index contributed by atoms with van der Waals surface area (Å²) in [5, 5.41) is 0. The molecular formula is C15H19IO2. The van der Waals surface area contributed by atoms with Crippen LogP contribution in [-0.4, -0.2) is 16.0 Å². The van der Waals surface area contributed by atoms with Crippen molar-refractivity contribution in [2.45, 2.75) is 49.1 Å². The highest BCUT2D eigenvalue weighted by molar-refractivity contribution is 14.1. The van der Waals surface area contributed by atoms with Crippen LogP contribution in [0.1, 0.15) is 50.2 Å². The Kier molecular flexibility index (Phi) is 4.30. The molecule has 3 heteroatoms. The second-order valence-electron chi connectivity index (χ2n) is 5.26. The number of esters is 1. The van der Waals surface area contributed by atoms with Gasteiger partial charge >= 0.3 is 5.97 Å². The van der Waals surface area contributed by atoms with E-state index in [0.717, 1.165) is 0 Å². The van der Waals surface area contributed by atoms with Crippen molar-refractivity contribution in [3.63, 3.8) is 0 Å². The minimum atomic E-state index is -0.0681. The summed E-state index contributed by atoms with van der Waals surface area (Å²) in [4.78, 5) is 11.5. The topological polar surface area (TPSA) is 26.3 Å². The summed E-state index contributed by atoms with van der Waals surface area (Å²) in [5.41, 5.74) is 2.56. The van der Waals surface area contributed by atoms with Crippen LogP contribution in [0, 0.1) is 0 Å². The van der Waals surface area contributed by atoms with E-state index in [2.05, 4.69) is 67.6 Å². The molecule has 0 spiro atoms. The Hall–Kier alpha value is -0.580. The number of hydrogen-bond donors (Lipinski definition) is 0. The second-order valence-corrected chi connectivity index (χ2v) is 7.23. The minimum Gasteiger partial charge on any atom is -0.461 e. The van der Waals surface area contributed by atoms with Crippen molar-refractivity contribution in [2.75, 3.05) is 0 Å². The summed E-state index contributed by atoms with van der Waals surface area (Å²) in [5.74, 6) is 0.687. The SMILES string of the molecule is CC(C)c1ccc([C@@H]2CC(=O)O[C@@H]2[C@@H](C)I)cc1. The van der Waals surface area contributed by atoms with Gasteiger partial charge in [-0.2, -0.15) is 0 Å². The summed E-state index contributed by atoms with van der Waals surface area (Å²) >= 11 is 2.34. The van der Waals surface area contributed by atoms with E-state index in [-0.39, 0.29) is 18.0 Å². The lowest BCUT2D eigenvalue weighted by Gasteiger charge is -2.20. The highest BCUT2D eigenvalue weighted by atomic mass is 127. The Balaban J connectivity index is 2.22. The number of rotatable bonds is 3. The molecule has 0 bridgehead atoms. The first kappa shape index (κ1) is 13.8. The number of benzene rings is 1. The maximum absolute atomic E-state index is 11.5. The van der Waals surface area contributed by atoms with Crippen molar-refractivity contribution in [2.24, 2.45) is 0 Å². The number of ether oxygens (including phenoxy) is 1. The zero-order valence-electron chi connectivity index (χ0n) is 11.0. The highest BCUT2D eigenvalue weighted by Crippen LogP contribution is 2.36. The standard InChI is InChI=1S/C15H19IO2/c1-9(2)11-4-6-12(7-5-11)13-8-14(17)18-15(13)10(3)16/h4-7,9-10,13,15H,8H2,1-3H3/t10-,13+,15-/m1/s1. The summed E-state index contributed by atoms with van der Waals surface area (Å²) < 4.78 is 5.76. The Morgan fingerprint density at radius 2 is 1.83 bits per heavy atom. The molecule has 0 saturated carbocycles. The lowest BCUT2D eigenvalue weighted by molar-refractivity contribution is -0.141. The van der Waals surface area contributed by atoms with Gasteiger partial charge in [0.25, 0.3) is 0 Å². The van der Waals surface area contributed by atoms with E-state index in [1.54, 1.807) is 0 Å². The average Bonchev–Trinajstić information content (AvgIpc) is 2.71. The quantitative estimate of drug-likeness (QED) is 0.463. The van der Waals surface area contributed by atoms with Gasteiger partial charge in [0.2, 0.25) is 0 Å². The van der Waals surface area contributed by atoms with Gasteiger partial charge in [-0.3, -0.25) is 4.79 Å². The molecule has 1 aliphatic rings. The predicted molar refractivity (Wildman–Crippen MR) is 81.3 cm³/mol. The van der Waals surface area contributed by atoms with Crippen LogP contribution in [0.15, 0.2) is 24.3 Å². The van der Waals surface area contributed by atoms with Crippen LogP contribution in [0.5, 0.6) is 0 Å². The molecule has 1 saturated heterocycles. The summed E-state index contributed by atoms with van der Waals surface area (Å²) in [6.07, 6.45) is 0.530. The van der Waals surface area contributed by atoms with Gasteiger partial charge in [-0.15, -0.1) is 0 Å². The van der Waals surface area contributed by atoms with Gasteiger partial charge in [-0.25, -0.2) is 0 Å². The minimum absolute atomic E-state index is 0.0167. The highest BCUT2D eigenvalue weighted by Gasteiger charge is 2.38. The van der Waals surface area contributed by atoms with Crippen LogP contribution in [0.4, 0.5) is 0 Å². The van der Waals surface area contributed by atoms with Crippen molar-refractivity contribution in [1.82, 2.24) is 0 Å². The van der Waals surface area contributed by atoms with Crippen molar-refractivity contribution in [3.05, 3.63) is 35.4 Å². The zero-order chi connectivity index (χ0) is 13.3. The van der Waals surface area contributed by atoms with Crippen LogP contribution >= 0.6 is 22.6 Å². The number of halogens is 1. The van der Waals surface area contributed by atoms with Crippen LogP contribution in [0.25, 0.3) is 0 Å². The molecule has 1 aromatic carbocycles. The first-order chi connectivity index (χ1) is 8.49. The predicted octanol–water partition coefficient (Wildman–Crippen LogP) is 4.03. The monoisotopic (exact) mass is 358 g/mol. The van der Waals surface area contributed by atoms with Gasteiger partial charge in [0, 0.05) is 9.84 Å². The van der Waals surface area contributed by atoms with E-state index in [1.165, 1.54) is 11.1 Å². The number of carbonyl (C=O) groups excluding carboxylic acids is 1. The molecule has 2 nitrogen and oxygen atoms in total. The van der Waals surface area contributed by atoms with Gasteiger partial charge in [-0.1, -0.05) is 60.7 Å². The molecule has 0 aliphatic carbocycles. The van der Waals surface area contributed by atoms with Crippen molar-refractivity contribution < 1.29 is 9.53 Å². The van der Waals surface area contributed by atoms with Crippen LogP contribution < -0.4 is 0 Å². The fraction of sp³-hybridized carbons (Fsp3) is 0.533. The molecule has 2 rings (SSSR count). The third-order valence-electron chi connectivity index (χ3n) is 3.53. The first-order valence-electron chi connectivity index (χ1n) is 6.42. The molecule has 0 aromatic heterocycles. The lowest BCUT2D eigenvalue weighted by atomic mass is 9.89. The number of cyclic esters (lactones) is 1. The third-order valence-corrected chi connectivity index (χ3v) is 4.24. The van der Waals surface area contributed by atoms with E-state index in [1.807, 2.05) is 0 Å². The normalized spacial score (nSPS) is 25.3. The molecule has 0 N–H and O–H groups in total. The maximum atomic E-state index is 11.5. The Labute approximate surface area is 122 Å².